The van der Waals surface area contributed by atoms with E-state index in [1.807, 2.05) is 26.0 Å². The van der Waals surface area contributed by atoms with E-state index in [1.165, 1.54) is 0 Å². The summed E-state index contributed by atoms with van der Waals surface area (Å²) in [6, 6.07) is 5.69. The van der Waals surface area contributed by atoms with Gasteiger partial charge in [-0.2, -0.15) is 0 Å². The average Bonchev–Trinajstić information content (AvgIpc) is 2.28. The molecule has 1 amide bonds. The molecule has 5 heteroatoms. The highest BCUT2D eigenvalue weighted by molar-refractivity contribution is 9.10. The highest BCUT2D eigenvalue weighted by Crippen LogP contribution is 2.25. The molecule has 1 N–H and O–H groups in total. The van der Waals surface area contributed by atoms with Crippen LogP contribution < -0.4 is 5.32 Å². The number of halogens is 2. The Labute approximate surface area is 115 Å². The first kappa shape index (κ1) is 14.3. The van der Waals surface area contributed by atoms with Crippen molar-refractivity contribution in [3.8, 4) is 0 Å². The molecule has 0 radical (unpaired) electrons. The van der Waals surface area contributed by atoms with Gasteiger partial charge in [-0.05, 0) is 32.0 Å². The molecule has 0 aliphatic rings. The summed E-state index contributed by atoms with van der Waals surface area (Å²) in [6.45, 7) is 4.19. The van der Waals surface area contributed by atoms with E-state index >= 15 is 0 Å². The standard InChI is InChI=1S/C12H16BrClN2O/c1-8(2)16(3)12(17)7-15-11-6-9(13)4-5-10(11)14/h4-6,8,15H,7H2,1-3H3. The molecule has 17 heavy (non-hydrogen) atoms. The Morgan fingerprint density at radius 2 is 2.18 bits per heavy atom. The third kappa shape index (κ3) is 4.21. The molecule has 0 unspecified atom stereocenters. The second-order valence-electron chi connectivity index (χ2n) is 4.08. The zero-order valence-corrected chi connectivity index (χ0v) is 12.5. The van der Waals surface area contributed by atoms with Crippen LogP contribution in [0.25, 0.3) is 0 Å². The zero-order valence-electron chi connectivity index (χ0n) is 10.1. The van der Waals surface area contributed by atoms with E-state index in [9.17, 15) is 4.79 Å². The molecule has 0 atom stereocenters. The fourth-order valence-corrected chi connectivity index (χ4v) is 1.76. The number of carbonyl (C=O) groups is 1. The summed E-state index contributed by atoms with van der Waals surface area (Å²) in [5.74, 6) is 0.0380. The number of carbonyl (C=O) groups excluding carboxylic acids is 1. The number of anilines is 1. The number of benzene rings is 1. The summed E-state index contributed by atoms with van der Waals surface area (Å²) in [7, 11) is 1.79. The predicted octanol–water partition coefficient (Wildman–Crippen LogP) is 3.38. The maximum atomic E-state index is 11.8. The van der Waals surface area contributed by atoms with Crippen molar-refractivity contribution in [1.82, 2.24) is 4.90 Å². The van der Waals surface area contributed by atoms with Gasteiger partial charge in [-0.15, -0.1) is 0 Å². The van der Waals surface area contributed by atoms with Crippen molar-refractivity contribution in [3.05, 3.63) is 27.7 Å². The van der Waals surface area contributed by atoms with Crippen LogP contribution in [-0.4, -0.2) is 30.4 Å². The molecule has 0 aromatic heterocycles. The van der Waals surface area contributed by atoms with Crippen molar-refractivity contribution >= 4 is 39.1 Å². The number of likely N-dealkylation sites (N-methyl/N-ethyl adjacent to an activating group) is 1. The second-order valence-corrected chi connectivity index (χ2v) is 5.40. The summed E-state index contributed by atoms with van der Waals surface area (Å²) in [5.41, 5.74) is 0.756. The molecule has 0 bridgehead atoms. The lowest BCUT2D eigenvalue weighted by Gasteiger charge is -2.22. The minimum atomic E-state index is 0.0380. The molecule has 0 heterocycles. The molecular formula is C12H16BrClN2O. The highest BCUT2D eigenvalue weighted by atomic mass is 79.9. The lowest BCUT2D eigenvalue weighted by atomic mass is 10.3. The molecule has 3 nitrogen and oxygen atoms in total. The van der Waals surface area contributed by atoms with Crippen LogP contribution >= 0.6 is 27.5 Å². The topological polar surface area (TPSA) is 32.3 Å². The van der Waals surface area contributed by atoms with Gasteiger partial charge in [0.2, 0.25) is 5.91 Å². The maximum Gasteiger partial charge on any atom is 0.241 e. The van der Waals surface area contributed by atoms with Crippen LogP contribution in [0.3, 0.4) is 0 Å². The molecular weight excluding hydrogens is 304 g/mol. The maximum absolute atomic E-state index is 11.8. The Morgan fingerprint density at radius 3 is 2.76 bits per heavy atom. The first-order chi connectivity index (χ1) is 7.91. The molecule has 0 fully saturated rings. The van der Waals surface area contributed by atoms with Crippen LogP contribution in [0.4, 0.5) is 5.69 Å². The van der Waals surface area contributed by atoms with Crippen LogP contribution in [0.2, 0.25) is 5.02 Å². The molecule has 1 aromatic carbocycles. The van der Waals surface area contributed by atoms with Gasteiger partial charge in [-0.1, -0.05) is 27.5 Å². The fraction of sp³-hybridized carbons (Fsp3) is 0.417. The van der Waals surface area contributed by atoms with Crippen LogP contribution in [0.15, 0.2) is 22.7 Å². The van der Waals surface area contributed by atoms with Gasteiger partial charge in [0.15, 0.2) is 0 Å². The highest BCUT2D eigenvalue weighted by Gasteiger charge is 2.11. The van der Waals surface area contributed by atoms with Crippen molar-refractivity contribution in [3.63, 3.8) is 0 Å². The number of hydrogen-bond acceptors (Lipinski definition) is 2. The Kier molecular flexibility index (Phi) is 5.28. The van der Waals surface area contributed by atoms with E-state index in [2.05, 4.69) is 21.2 Å². The smallest absolute Gasteiger partial charge is 0.241 e. The normalized spacial score (nSPS) is 10.5. The number of hydrogen-bond donors (Lipinski definition) is 1. The average molecular weight is 320 g/mol. The minimum absolute atomic E-state index is 0.0380. The lowest BCUT2D eigenvalue weighted by molar-refractivity contribution is -0.129. The van der Waals surface area contributed by atoms with Crippen molar-refractivity contribution < 1.29 is 4.79 Å². The number of rotatable bonds is 4. The van der Waals surface area contributed by atoms with Crippen molar-refractivity contribution in [2.45, 2.75) is 19.9 Å². The SMILES string of the molecule is CC(C)N(C)C(=O)CNc1cc(Br)ccc1Cl. The van der Waals surface area contributed by atoms with Gasteiger partial charge >= 0.3 is 0 Å². The van der Waals surface area contributed by atoms with Crippen molar-refractivity contribution in [1.29, 1.82) is 0 Å². The Hall–Kier alpha value is -0.740. The molecule has 0 aliphatic carbocycles. The van der Waals surface area contributed by atoms with Crippen LogP contribution in [0.1, 0.15) is 13.8 Å². The van der Waals surface area contributed by atoms with Crippen LogP contribution in [0, 0.1) is 0 Å². The Bertz CT molecular complexity index is 409. The van der Waals surface area contributed by atoms with E-state index in [1.54, 1.807) is 18.0 Å². The zero-order chi connectivity index (χ0) is 13.0. The monoisotopic (exact) mass is 318 g/mol. The molecule has 0 spiro atoms. The van der Waals surface area contributed by atoms with Gasteiger partial charge in [0.25, 0.3) is 0 Å². The second kappa shape index (κ2) is 6.26. The first-order valence-electron chi connectivity index (χ1n) is 5.36. The summed E-state index contributed by atoms with van der Waals surface area (Å²) in [4.78, 5) is 13.5. The summed E-state index contributed by atoms with van der Waals surface area (Å²) in [5, 5.41) is 3.64. The van der Waals surface area contributed by atoms with Gasteiger partial charge in [0, 0.05) is 17.6 Å². The fourth-order valence-electron chi connectivity index (χ4n) is 1.22. The molecule has 0 aliphatic heterocycles. The summed E-state index contributed by atoms with van der Waals surface area (Å²) >= 11 is 9.38. The largest absolute Gasteiger partial charge is 0.375 e. The first-order valence-corrected chi connectivity index (χ1v) is 6.53. The summed E-state index contributed by atoms with van der Waals surface area (Å²) in [6.07, 6.45) is 0. The third-order valence-corrected chi connectivity index (χ3v) is 3.35. The van der Waals surface area contributed by atoms with Gasteiger partial charge in [-0.25, -0.2) is 0 Å². The number of amides is 1. The van der Waals surface area contributed by atoms with E-state index in [0.29, 0.717) is 5.02 Å². The van der Waals surface area contributed by atoms with Crippen LogP contribution in [0.5, 0.6) is 0 Å². The Morgan fingerprint density at radius 1 is 1.53 bits per heavy atom. The predicted molar refractivity (Wildman–Crippen MR) is 75.5 cm³/mol. The van der Waals surface area contributed by atoms with Crippen LogP contribution in [-0.2, 0) is 4.79 Å². The van der Waals surface area contributed by atoms with E-state index in [-0.39, 0.29) is 18.5 Å². The van der Waals surface area contributed by atoms with E-state index in [4.69, 9.17) is 11.6 Å². The van der Waals surface area contributed by atoms with Crippen molar-refractivity contribution in [2.75, 3.05) is 18.9 Å². The van der Waals surface area contributed by atoms with Crippen molar-refractivity contribution in [2.24, 2.45) is 0 Å². The van der Waals surface area contributed by atoms with E-state index in [0.717, 1.165) is 10.2 Å². The number of nitrogens with one attached hydrogen (secondary N) is 1. The van der Waals surface area contributed by atoms with Gasteiger partial charge in [0.05, 0.1) is 17.3 Å². The summed E-state index contributed by atoms with van der Waals surface area (Å²) < 4.78 is 0.925. The van der Waals surface area contributed by atoms with Gasteiger partial charge in [-0.3, -0.25) is 4.79 Å². The van der Waals surface area contributed by atoms with E-state index < -0.39 is 0 Å². The Balaban J connectivity index is 2.61. The molecule has 1 aromatic rings. The number of nitrogens with zero attached hydrogens (tertiary/aromatic N) is 1. The molecule has 0 saturated carbocycles. The van der Waals surface area contributed by atoms with Gasteiger partial charge in [0.1, 0.15) is 0 Å². The lowest BCUT2D eigenvalue weighted by Crippen LogP contribution is -2.37. The molecule has 0 saturated heterocycles. The quantitative estimate of drug-likeness (QED) is 0.922. The molecule has 94 valence electrons. The molecule has 1 rings (SSSR count). The minimum Gasteiger partial charge on any atom is -0.375 e. The van der Waals surface area contributed by atoms with Gasteiger partial charge < -0.3 is 10.2 Å². The third-order valence-electron chi connectivity index (χ3n) is 2.53.